The molecule has 2 N–H and O–H groups in total. The number of hydrogen-bond acceptors (Lipinski definition) is 3. The van der Waals surface area contributed by atoms with Crippen molar-refractivity contribution < 1.29 is 5.11 Å². The van der Waals surface area contributed by atoms with Crippen molar-refractivity contribution in [1.82, 2.24) is 5.32 Å². The molecule has 3 heteroatoms. The van der Waals surface area contributed by atoms with E-state index in [1.807, 2.05) is 12.1 Å². The summed E-state index contributed by atoms with van der Waals surface area (Å²) in [4.78, 5) is 4.32. The number of aliphatic imine (C=N–C) groups is 1. The highest BCUT2D eigenvalue weighted by Crippen LogP contribution is 2.13. The van der Waals surface area contributed by atoms with Crippen LogP contribution in [0.5, 0.6) is 5.75 Å². The van der Waals surface area contributed by atoms with Crippen LogP contribution in [0, 0.1) is 0 Å². The quantitative estimate of drug-likeness (QED) is 0.673. The van der Waals surface area contributed by atoms with E-state index in [0.717, 1.165) is 17.9 Å². The molecule has 1 aromatic rings. The number of phenolic OH excluding ortho intramolecular Hbond substituents is 1. The predicted octanol–water partition coefficient (Wildman–Crippen LogP) is 1.13. The van der Waals surface area contributed by atoms with Crippen LogP contribution in [0.2, 0.25) is 0 Å². The fourth-order valence-electron chi connectivity index (χ4n) is 1.38. The molecule has 0 spiro atoms. The zero-order valence-electron chi connectivity index (χ0n) is 7.49. The summed E-state index contributed by atoms with van der Waals surface area (Å²) < 4.78 is 0. The molecule has 0 amide bonds. The number of amidine groups is 1. The molecule has 0 radical (unpaired) electrons. The Morgan fingerprint density at radius 3 is 3.00 bits per heavy atom. The molecule has 0 aromatic heterocycles. The first-order valence-corrected chi connectivity index (χ1v) is 4.36. The largest absolute Gasteiger partial charge is 0.508 e. The third kappa shape index (κ3) is 1.64. The van der Waals surface area contributed by atoms with Crippen molar-refractivity contribution in [2.75, 3.05) is 6.54 Å². The molecular formula is C10H12N2O. The number of nitrogens with one attached hydrogen (secondary N) is 1. The van der Waals surface area contributed by atoms with Gasteiger partial charge in [0.2, 0.25) is 0 Å². The SMILES string of the molecule is C[C@@H]1CN=C(c2cccc(O)c2)N1. The third-order valence-electron chi connectivity index (χ3n) is 2.03. The van der Waals surface area contributed by atoms with Crippen LogP contribution in [0.15, 0.2) is 29.3 Å². The minimum Gasteiger partial charge on any atom is -0.508 e. The molecule has 0 unspecified atom stereocenters. The van der Waals surface area contributed by atoms with E-state index < -0.39 is 0 Å². The summed E-state index contributed by atoms with van der Waals surface area (Å²) in [5.41, 5.74) is 0.948. The van der Waals surface area contributed by atoms with Crippen LogP contribution in [0.25, 0.3) is 0 Å². The number of phenols is 1. The number of benzene rings is 1. The lowest BCUT2D eigenvalue weighted by Crippen LogP contribution is -2.27. The predicted molar refractivity (Wildman–Crippen MR) is 52.1 cm³/mol. The van der Waals surface area contributed by atoms with Crippen LogP contribution < -0.4 is 5.32 Å². The Bertz CT molecular complexity index is 347. The Morgan fingerprint density at radius 1 is 1.54 bits per heavy atom. The van der Waals surface area contributed by atoms with Gasteiger partial charge in [-0.3, -0.25) is 4.99 Å². The van der Waals surface area contributed by atoms with E-state index in [2.05, 4.69) is 17.2 Å². The van der Waals surface area contributed by atoms with Gasteiger partial charge in [-0.05, 0) is 19.1 Å². The second kappa shape index (κ2) is 3.09. The molecule has 1 aliphatic heterocycles. The molecule has 0 aliphatic carbocycles. The molecule has 13 heavy (non-hydrogen) atoms. The summed E-state index contributed by atoms with van der Waals surface area (Å²) in [7, 11) is 0. The van der Waals surface area contributed by atoms with Crippen molar-refractivity contribution in [3.63, 3.8) is 0 Å². The lowest BCUT2D eigenvalue weighted by atomic mass is 10.2. The second-order valence-electron chi connectivity index (χ2n) is 3.29. The molecule has 1 aliphatic rings. The van der Waals surface area contributed by atoms with Crippen LogP contribution in [-0.4, -0.2) is 23.5 Å². The summed E-state index contributed by atoms with van der Waals surface area (Å²) in [5.74, 6) is 1.16. The average Bonchev–Trinajstić information content (AvgIpc) is 2.52. The van der Waals surface area contributed by atoms with E-state index >= 15 is 0 Å². The maximum absolute atomic E-state index is 9.26. The van der Waals surface area contributed by atoms with Crippen molar-refractivity contribution in [2.45, 2.75) is 13.0 Å². The van der Waals surface area contributed by atoms with Gasteiger partial charge in [-0.2, -0.15) is 0 Å². The average molecular weight is 176 g/mol. The summed E-state index contributed by atoms with van der Waals surface area (Å²) in [6.45, 7) is 2.89. The van der Waals surface area contributed by atoms with Gasteiger partial charge in [-0.25, -0.2) is 0 Å². The highest BCUT2D eigenvalue weighted by molar-refractivity contribution is 6.00. The van der Waals surface area contributed by atoms with E-state index in [4.69, 9.17) is 0 Å². The second-order valence-corrected chi connectivity index (χ2v) is 3.29. The summed E-state index contributed by atoms with van der Waals surface area (Å²) >= 11 is 0. The molecular weight excluding hydrogens is 164 g/mol. The zero-order chi connectivity index (χ0) is 9.26. The molecule has 0 fully saturated rings. The Kier molecular flexibility index (Phi) is 1.93. The minimum atomic E-state index is 0.279. The molecule has 0 saturated heterocycles. The van der Waals surface area contributed by atoms with Crippen LogP contribution in [-0.2, 0) is 0 Å². The molecule has 1 aromatic carbocycles. The van der Waals surface area contributed by atoms with Crippen LogP contribution in [0.4, 0.5) is 0 Å². The van der Waals surface area contributed by atoms with E-state index in [9.17, 15) is 5.11 Å². The van der Waals surface area contributed by atoms with E-state index in [-0.39, 0.29) is 5.75 Å². The smallest absolute Gasteiger partial charge is 0.128 e. The Labute approximate surface area is 77.1 Å². The Morgan fingerprint density at radius 2 is 2.38 bits per heavy atom. The molecule has 0 saturated carbocycles. The van der Waals surface area contributed by atoms with Crippen molar-refractivity contribution >= 4 is 5.84 Å². The Balaban J connectivity index is 2.26. The third-order valence-corrected chi connectivity index (χ3v) is 2.03. The standard InChI is InChI=1S/C10H12N2O/c1-7-6-11-10(12-7)8-3-2-4-9(13)5-8/h2-5,7,13H,6H2,1H3,(H,11,12)/t7-/m1/s1. The fraction of sp³-hybridized carbons (Fsp3) is 0.300. The van der Waals surface area contributed by atoms with Gasteiger partial charge in [0.25, 0.3) is 0 Å². The lowest BCUT2D eigenvalue weighted by molar-refractivity contribution is 0.475. The van der Waals surface area contributed by atoms with E-state index in [1.54, 1.807) is 12.1 Å². The zero-order valence-corrected chi connectivity index (χ0v) is 7.49. The summed E-state index contributed by atoms with van der Waals surface area (Å²) in [6.07, 6.45) is 0. The highest BCUT2D eigenvalue weighted by Gasteiger charge is 2.13. The van der Waals surface area contributed by atoms with Crippen molar-refractivity contribution in [3.8, 4) is 5.75 Å². The fourth-order valence-corrected chi connectivity index (χ4v) is 1.38. The topological polar surface area (TPSA) is 44.6 Å². The van der Waals surface area contributed by atoms with Crippen molar-refractivity contribution in [2.24, 2.45) is 4.99 Å². The summed E-state index contributed by atoms with van der Waals surface area (Å²) in [5, 5.41) is 12.5. The number of rotatable bonds is 1. The summed E-state index contributed by atoms with van der Waals surface area (Å²) in [6, 6.07) is 7.52. The lowest BCUT2D eigenvalue weighted by Gasteiger charge is -2.05. The van der Waals surface area contributed by atoms with Crippen molar-refractivity contribution in [3.05, 3.63) is 29.8 Å². The first-order valence-electron chi connectivity index (χ1n) is 4.36. The molecule has 3 nitrogen and oxygen atoms in total. The number of hydrogen-bond donors (Lipinski definition) is 2. The van der Waals surface area contributed by atoms with Gasteiger partial charge < -0.3 is 10.4 Å². The first kappa shape index (κ1) is 8.10. The maximum Gasteiger partial charge on any atom is 0.128 e. The molecule has 68 valence electrons. The minimum absolute atomic E-state index is 0.279. The van der Waals surface area contributed by atoms with Crippen LogP contribution in [0.1, 0.15) is 12.5 Å². The van der Waals surface area contributed by atoms with Crippen LogP contribution >= 0.6 is 0 Å². The van der Waals surface area contributed by atoms with Gasteiger partial charge in [0.15, 0.2) is 0 Å². The monoisotopic (exact) mass is 176 g/mol. The van der Waals surface area contributed by atoms with Gasteiger partial charge >= 0.3 is 0 Å². The molecule has 2 rings (SSSR count). The first-order chi connectivity index (χ1) is 6.25. The highest BCUT2D eigenvalue weighted by atomic mass is 16.3. The molecule has 1 heterocycles. The van der Waals surface area contributed by atoms with Gasteiger partial charge in [0, 0.05) is 11.6 Å². The van der Waals surface area contributed by atoms with Crippen LogP contribution in [0.3, 0.4) is 0 Å². The van der Waals surface area contributed by atoms with Gasteiger partial charge in [-0.15, -0.1) is 0 Å². The molecule has 1 atom stereocenters. The number of aromatic hydroxyl groups is 1. The van der Waals surface area contributed by atoms with E-state index in [0.29, 0.717) is 6.04 Å². The Hall–Kier alpha value is -1.51. The van der Waals surface area contributed by atoms with Gasteiger partial charge in [-0.1, -0.05) is 12.1 Å². The maximum atomic E-state index is 9.26. The van der Waals surface area contributed by atoms with Crippen molar-refractivity contribution in [1.29, 1.82) is 0 Å². The van der Waals surface area contributed by atoms with E-state index in [1.165, 1.54) is 0 Å². The van der Waals surface area contributed by atoms with Gasteiger partial charge in [0.05, 0.1) is 6.54 Å². The molecule has 0 bridgehead atoms. The number of nitrogens with zero attached hydrogens (tertiary/aromatic N) is 1. The van der Waals surface area contributed by atoms with Gasteiger partial charge in [0.1, 0.15) is 11.6 Å². The normalized spacial score (nSPS) is 21.0.